The fourth-order valence-electron chi connectivity index (χ4n) is 3.68. The van der Waals surface area contributed by atoms with Crippen LogP contribution in [0.25, 0.3) is 10.2 Å². The van der Waals surface area contributed by atoms with Crippen LogP contribution in [0, 0.1) is 5.92 Å². The van der Waals surface area contributed by atoms with E-state index >= 15 is 0 Å². The molecule has 3 aromatic rings. The van der Waals surface area contributed by atoms with E-state index in [1.807, 2.05) is 36.4 Å². The largest absolute Gasteiger partial charge is 0.490 e. The Morgan fingerprint density at radius 2 is 1.93 bits per heavy atom. The van der Waals surface area contributed by atoms with Crippen molar-refractivity contribution in [1.82, 2.24) is 10.3 Å². The van der Waals surface area contributed by atoms with Gasteiger partial charge in [-0.25, -0.2) is 4.98 Å². The van der Waals surface area contributed by atoms with Gasteiger partial charge in [0.1, 0.15) is 0 Å². The number of aromatic nitrogens is 1. The first-order valence-electron chi connectivity index (χ1n) is 10.6. The van der Waals surface area contributed by atoms with Crippen LogP contribution >= 0.6 is 11.3 Å². The van der Waals surface area contributed by atoms with Crippen LogP contribution in [0.4, 0.5) is 0 Å². The van der Waals surface area contributed by atoms with Gasteiger partial charge in [0.15, 0.2) is 11.5 Å². The molecule has 2 heterocycles. The summed E-state index contributed by atoms with van der Waals surface area (Å²) in [5.74, 6) is 1.88. The second kappa shape index (κ2) is 9.47. The maximum absolute atomic E-state index is 12.7. The number of thiazole rings is 1. The van der Waals surface area contributed by atoms with Gasteiger partial charge in [0.25, 0.3) is 0 Å². The monoisotopic (exact) mass is 424 g/mol. The predicted octanol–water partition coefficient (Wildman–Crippen LogP) is 5.29. The van der Waals surface area contributed by atoms with Gasteiger partial charge in [-0.05, 0) is 48.6 Å². The van der Waals surface area contributed by atoms with Gasteiger partial charge < -0.3 is 14.8 Å². The van der Waals surface area contributed by atoms with Gasteiger partial charge in [-0.1, -0.05) is 32.0 Å². The number of hydrogen-bond acceptors (Lipinski definition) is 5. The van der Waals surface area contributed by atoms with Gasteiger partial charge in [0, 0.05) is 12.8 Å². The number of hydrogen-bond donors (Lipinski definition) is 1. The summed E-state index contributed by atoms with van der Waals surface area (Å²) < 4.78 is 12.7. The van der Waals surface area contributed by atoms with Gasteiger partial charge in [-0.15, -0.1) is 11.3 Å². The quantitative estimate of drug-likeness (QED) is 0.560. The smallest absolute Gasteiger partial charge is 0.220 e. The molecule has 2 aromatic carbocycles. The Labute approximate surface area is 181 Å². The van der Waals surface area contributed by atoms with Crippen molar-refractivity contribution in [1.29, 1.82) is 0 Å². The number of nitrogens with one attached hydrogen (secondary N) is 1. The number of benzene rings is 2. The van der Waals surface area contributed by atoms with Gasteiger partial charge in [0.05, 0.1) is 34.5 Å². The number of amides is 1. The van der Waals surface area contributed by atoms with E-state index in [1.165, 1.54) is 4.70 Å². The fraction of sp³-hybridized carbons (Fsp3) is 0.417. The molecule has 0 radical (unpaired) electrons. The normalized spacial score (nSPS) is 14.5. The highest BCUT2D eigenvalue weighted by molar-refractivity contribution is 7.18. The predicted molar refractivity (Wildman–Crippen MR) is 120 cm³/mol. The Kier molecular flexibility index (Phi) is 6.53. The van der Waals surface area contributed by atoms with Crippen molar-refractivity contribution < 1.29 is 14.3 Å². The zero-order chi connectivity index (χ0) is 20.9. The van der Waals surface area contributed by atoms with Crippen LogP contribution in [0.3, 0.4) is 0 Å². The van der Waals surface area contributed by atoms with E-state index in [4.69, 9.17) is 9.47 Å². The summed E-state index contributed by atoms with van der Waals surface area (Å²) >= 11 is 1.71. The van der Waals surface area contributed by atoms with Crippen molar-refractivity contribution in [2.24, 2.45) is 5.92 Å². The molecule has 0 unspecified atom stereocenters. The first kappa shape index (κ1) is 20.7. The summed E-state index contributed by atoms with van der Waals surface area (Å²) in [5, 5.41) is 4.31. The Morgan fingerprint density at radius 3 is 2.73 bits per heavy atom. The number of para-hydroxylation sites is 1. The average molecular weight is 425 g/mol. The van der Waals surface area contributed by atoms with Crippen molar-refractivity contribution >= 4 is 27.5 Å². The van der Waals surface area contributed by atoms with E-state index in [0.29, 0.717) is 19.6 Å². The van der Waals surface area contributed by atoms with Gasteiger partial charge in [0.2, 0.25) is 5.91 Å². The molecular formula is C24H28N2O3S. The average Bonchev–Trinajstić information content (AvgIpc) is 3.00. The highest BCUT2D eigenvalue weighted by Crippen LogP contribution is 2.34. The second-order valence-electron chi connectivity index (χ2n) is 7.97. The van der Waals surface area contributed by atoms with Gasteiger partial charge in [-0.2, -0.15) is 0 Å². The molecule has 0 aliphatic carbocycles. The summed E-state index contributed by atoms with van der Waals surface area (Å²) in [7, 11) is 0. The van der Waals surface area contributed by atoms with Crippen LogP contribution in [0.5, 0.6) is 11.5 Å². The number of aryl methyl sites for hydroxylation is 1. The van der Waals surface area contributed by atoms with Crippen LogP contribution in [0.1, 0.15) is 49.7 Å². The highest BCUT2D eigenvalue weighted by Gasteiger charge is 2.21. The third-order valence-electron chi connectivity index (χ3n) is 5.25. The molecule has 30 heavy (non-hydrogen) atoms. The lowest BCUT2D eigenvalue weighted by Gasteiger charge is -2.24. The van der Waals surface area contributed by atoms with Crippen molar-refractivity contribution in [3.63, 3.8) is 0 Å². The molecule has 0 saturated heterocycles. The van der Waals surface area contributed by atoms with E-state index in [9.17, 15) is 4.79 Å². The summed E-state index contributed by atoms with van der Waals surface area (Å²) in [6, 6.07) is 14.1. The van der Waals surface area contributed by atoms with E-state index in [1.54, 1.807) is 11.3 Å². The van der Waals surface area contributed by atoms with Gasteiger partial charge >= 0.3 is 0 Å². The zero-order valence-corrected chi connectivity index (χ0v) is 18.3. The summed E-state index contributed by atoms with van der Waals surface area (Å²) in [4.78, 5) is 17.3. The molecule has 5 nitrogen and oxygen atoms in total. The summed E-state index contributed by atoms with van der Waals surface area (Å²) in [6.07, 6.45) is 2.98. The van der Waals surface area contributed by atoms with E-state index in [2.05, 4.69) is 30.2 Å². The molecule has 0 saturated carbocycles. The summed E-state index contributed by atoms with van der Waals surface area (Å²) in [6.45, 7) is 5.57. The molecule has 1 aliphatic rings. The molecule has 1 atom stereocenters. The highest BCUT2D eigenvalue weighted by atomic mass is 32.1. The van der Waals surface area contributed by atoms with E-state index in [-0.39, 0.29) is 17.9 Å². The third-order valence-corrected chi connectivity index (χ3v) is 6.34. The molecule has 0 spiro atoms. The molecule has 1 amide bonds. The van der Waals surface area contributed by atoms with Crippen LogP contribution in [0.15, 0.2) is 42.5 Å². The fourth-order valence-corrected chi connectivity index (χ4v) is 4.69. The molecule has 1 N–H and O–H groups in total. The lowest BCUT2D eigenvalue weighted by molar-refractivity contribution is -0.122. The van der Waals surface area contributed by atoms with Gasteiger partial charge in [-0.3, -0.25) is 4.79 Å². The van der Waals surface area contributed by atoms with Crippen LogP contribution in [0.2, 0.25) is 0 Å². The number of carbonyl (C=O) groups excluding carboxylic acids is 1. The van der Waals surface area contributed by atoms with Crippen molar-refractivity contribution in [3.8, 4) is 11.5 Å². The Bertz CT molecular complexity index is 982. The molecule has 0 bridgehead atoms. The Morgan fingerprint density at radius 1 is 1.13 bits per heavy atom. The van der Waals surface area contributed by atoms with Crippen molar-refractivity contribution in [3.05, 3.63) is 53.0 Å². The number of fused-ring (bicyclic) bond motifs is 2. The number of ether oxygens (including phenoxy) is 2. The maximum Gasteiger partial charge on any atom is 0.220 e. The van der Waals surface area contributed by atoms with Crippen molar-refractivity contribution in [2.75, 3.05) is 13.2 Å². The topological polar surface area (TPSA) is 60.5 Å². The van der Waals surface area contributed by atoms with E-state index in [0.717, 1.165) is 46.8 Å². The lowest BCUT2D eigenvalue weighted by Crippen LogP contribution is -2.31. The van der Waals surface area contributed by atoms with Crippen LogP contribution < -0.4 is 14.8 Å². The zero-order valence-electron chi connectivity index (χ0n) is 17.5. The second-order valence-corrected chi connectivity index (χ2v) is 9.09. The molecule has 0 fully saturated rings. The third kappa shape index (κ3) is 4.93. The number of carbonyl (C=O) groups is 1. The molecule has 1 aliphatic heterocycles. The Balaban J connectivity index is 1.35. The van der Waals surface area contributed by atoms with Crippen molar-refractivity contribution in [2.45, 2.75) is 45.6 Å². The molecule has 1 aromatic heterocycles. The first-order chi connectivity index (χ1) is 14.6. The number of nitrogens with zero attached hydrogens (tertiary/aromatic N) is 1. The minimum absolute atomic E-state index is 0.0582. The first-order valence-corrected chi connectivity index (χ1v) is 11.4. The standard InChI is InChI=1S/C24H28N2O3S/c1-16(2)24(17-11-12-19-20(15-17)29-14-6-13-28-19)26-22(27)9-5-10-23-25-18-7-3-4-8-21(18)30-23/h3-4,7-8,11-12,15-16,24H,5-6,9-10,13-14H2,1-2H3,(H,26,27)/t24-/m0/s1. The Hall–Kier alpha value is -2.60. The molecule has 158 valence electrons. The minimum atomic E-state index is -0.0582. The maximum atomic E-state index is 12.7. The SMILES string of the molecule is CC(C)[C@H](NC(=O)CCCc1nc2ccccc2s1)c1ccc2c(c1)OCCCO2. The summed E-state index contributed by atoms with van der Waals surface area (Å²) in [5.41, 5.74) is 2.09. The molecule has 4 rings (SSSR count). The number of rotatable bonds is 7. The van der Waals surface area contributed by atoms with Crippen LogP contribution in [-0.4, -0.2) is 24.1 Å². The van der Waals surface area contributed by atoms with E-state index < -0.39 is 0 Å². The minimum Gasteiger partial charge on any atom is -0.490 e. The molecular weight excluding hydrogens is 396 g/mol. The van der Waals surface area contributed by atoms with Crippen LogP contribution in [-0.2, 0) is 11.2 Å². The lowest BCUT2D eigenvalue weighted by atomic mass is 9.95. The molecule has 6 heteroatoms.